The molecule has 0 aromatic heterocycles. The maximum atomic E-state index is 10.4. The fourth-order valence-corrected chi connectivity index (χ4v) is 3.09. The zero-order valence-electron chi connectivity index (χ0n) is 7.80. The molecule has 1 aliphatic heterocycles. The molecule has 2 heteroatoms. The largest absolute Gasteiger partial charge is 0.303 e. The van der Waals surface area contributed by atoms with Crippen LogP contribution in [0.4, 0.5) is 0 Å². The average molecular weight is 184 g/mol. The Morgan fingerprint density at radius 1 is 1.83 bits per heavy atom. The van der Waals surface area contributed by atoms with Crippen LogP contribution in [0.2, 0.25) is 0 Å². The van der Waals surface area contributed by atoms with Crippen LogP contribution in [-0.4, -0.2) is 16.3 Å². The molecule has 68 valence electrons. The van der Waals surface area contributed by atoms with Crippen LogP contribution in [0.25, 0.3) is 0 Å². The van der Waals surface area contributed by atoms with E-state index < -0.39 is 0 Å². The molecule has 1 heterocycles. The molecule has 1 fully saturated rings. The zero-order chi connectivity index (χ0) is 9.19. The Hall–Kier alpha value is -0.240. The molecule has 0 aromatic rings. The first kappa shape index (κ1) is 9.85. The maximum Gasteiger partial charge on any atom is 0.121 e. The Balaban J connectivity index is 2.54. The van der Waals surface area contributed by atoms with Gasteiger partial charge in [0.25, 0.3) is 0 Å². The highest BCUT2D eigenvalue weighted by molar-refractivity contribution is 8.01. The van der Waals surface area contributed by atoms with Crippen LogP contribution in [0.15, 0.2) is 12.2 Å². The summed E-state index contributed by atoms with van der Waals surface area (Å²) in [5.74, 6) is 0. The van der Waals surface area contributed by atoms with Gasteiger partial charge in [-0.2, -0.15) is 0 Å². The van der Waals surface area contributed by atoms with E-state index in [1.807, 2.05) is 11.8 Å². The summed E-state index contributed by atoms with van der Waals surface area (Å²) in [6.07, 6.45) is 4.05. The number of rotatable bonds is 3. The molecule has 0 spiro atoms. The van der Waals surface area contributed by atoms with Crippen molar-refractivity contribution in [1.29, 1.82) is 0 Å². The lowest BCUT2D eigenvalue weighted by Gasteiger charge is -2.20. The van der Waals surface area contributed by atoms with Gasteiger partial charge in [0.15, 0.2) is 0 Å². The van der Waals surface area contributed by atoms with Crippen molar-refractivity contribution in [3.63, 3.8) is 0 Å². The third-order valence-corrected chi connectivity index (χ3v) is 4.29. The molecule has 0 radical (unpaired) electrons. The van der Waals surface area contributed by atoms with E-state index in [1.165, 1.54) is 12.0 Å². The minimum absolute atomic E-state index is 0.186. The van der Waals surface area contributed by atoms with Crippen molar-refractivity contribution in [3.05, 3.63) is 12.2 Å². The highest BCUT2D eigenvalue weighted by atomic mass is 32.2. The van der Waals surface area contributed by atoms with E-state index in [4.69, 9.17) is 0 Å². The Labute approximate surface area is 78.6 Å². The predicted molar refractivity (Wildman–Crippen MR) is 54.5 cm³/mol. The van der Waals surface area contributed by atoms with Gasteiger partial charge >= 0.3 is 0 Å². The lowest BCUT2D eigenvalue weighted by atomic mass is 10.00. The van der Waals surface area contributed by atoms with E-state index in [1.54, 1.807) is 0 Å². The zero-order valence-corrected chi connectivity index (χ0v) is 8.62. The molecule has 0 bridgehead atoms. The summed E-state index contributed by atoms with van der Waals surface area (Å²) < 4.78 is 0.186. The first-order chi connectivity index (χ1) is 5.57. The van der Waals surface area contributed by atoms with Gasteiger partial charge in [-0.05, 0) is 26.7 Å². The molecule has 0 aromatic carbocycles. The fraction of sp³-hybridized carbons (Fsp3) is 0.700. The van der Waals surface area contributed by atoms with Gasteiger partial charge in [-0.1, -0.05) is 12.2 Å². The standard InChI is InChI=1S/C10H16OS/c1-8(2)9-4-5-10(3,12-9)6-7-11/h7,9H,1,4-6H2,2-3H3. The number of hydrogen-bond donors (Lipinski definition) is 0. The van der Waals surface area contributed by atoms with Crippen molar-refractivity contribution in [1.82, 2.24) is 0 Å². The Kier molecular flexibility index (Phi) is 2.99. The van der Waals surface area contributed by atoms with Gasteiger partial charge in [-0.25, -0.2) is 0 Å². The predicted octanol–water partition coefficient (Wildman–Crippen LogP) is 2.81. The number of thioether (sulfide) groups is 1. The Morgan fingerprint density at radius 3 is 2.92 bits per heavy atom. The summed E-state index contributed by atoms with van der Waals surface area (Å²) in [5.41, 5.74) is 1.25. The van der Waals surface area contributed by atoms with Gasteiger partial charge in [0.2, 0.25) is 0 Å². The molecule has 0 N–H and O–H groups in total. The summed E-state index contributed by atoms with van der Waals surface area (Å²) in [5, 5.41) is 0.579. The summed E-state index contributed by atoms with van der Waals surface area (Å²) in [6.45, 7) is 8.20. The Bertz CT molecular complexity index is 200. The topological polar surface area (TPSA) is 17.1 Å². The first-order valence-electron chi connectivity index (χ1n) is 4.34. The van der Waals surface area contributed by atoms with Crippen LogP contribution in [0, 0.1) is 0 Å². The average Bonchev–Trinajstić information content (AvgIpc) is 2.33. The summed E-state index contributed by atoms with van der Waals surface area (Å²) in [7, 11) is 0. The molecule has 2 atom stereocenters. The van der Waals surface area contributed by atoms with Crippen LogP contribution in [0.1, 0.15) is 33.1 Å². The van der Waals surface area contributed by atoms with E-state index >= 15 is 0 Å². The van der Waals surface area contributed by atoms with Crippen LogP contribution >= 0.6 is 11.8 Å². The van der Waals surface area contributed by atoms with Gasteiger partial charge in [-0.15, -0.1) is 11.8 Å². The molecule has 1 aliphatic rings. The number of carbonyl (C=O) groups excluding carboxylic acids is 1. The number of carbonyl (C=O) groups is 1. The fourth-order valence-electron chi connectivity index (χ4n) is 1.57. The second kappa shape index (κ2) is 3.65. The van der Waals surface area contributed by atoms with E-state index in [9.17, 15) is 4.79 Å². The molecular formula is C10H16OS. The molecule has 0 amide bonds. The second-order valence-corrected chi connectivity index (χ2v) is 5.60. The van der Waals surface area contributed by atoms with Crippen molar-refractivity contribution in [2.75, 3.05) is 0 Å². The Morgan fingerprint density at radius 2 is 2.50 bits per heavy atom. The number of hydrogen-bond acceptors (Lipinski definition) is 2. The minimum atomic E-state index is 0.186. The summed E-state index contributed by atoms with van der Waals surface area (Å²) in [6, 6.07) is 0. The molecule has 2 unspecified atom stereocenters. The monoisotopic (exact) mass is 184 g/mol. The molecule has 0 aliphatic carbocycles. The van der Waals surface area contributed by atoms with E-state index in [-0.39, 0.29) is 4.75 Å². The van der Waals surface area contributed by atoms with Gasteiger partial charge in [0, 0.05) is 16.4 Å². The number of aldehydes is 1. The van der Waals surface area contributed by atoms with Crippen LogP contribution < -0.4 is 0 Å². The first-order valence-corrected chi connectivity index (χ1v) is 5.22. The normalized spacial score (nSPS) is 35.0. The summed E-state index contributed by atoms with van der Waals surface area (Å²) in [4.78, 5) is 10.4. The van der Waals surface area contributed by atoms with Crippen molar-refractivity contribution < 1.29 is 4.79 Å². The molecule has 1 rings (SSSR count). The van der Waals surface area contributed by atoms with Crippen molar-refractivity contribution in [2.45, 2.75) is 43.1 Å². The third-order valence-electron chi connectivity index (χ3n) is 2.43. The third kappa shape index (κ3) is 2.13. The van der Waals surface area contributed by atoms with E-state index in [0.717, 1.165) is 12.7 Å². The van der Waals surface area contributed by atoms with Crippen LogP contribution in [0.5, 0.6) is 0 Å². The van der Waals surface area contributed by atoms with Crippen molar-refractivity contribution >= 4 is 18.0 Å². The lowest BCUT2D eigenvalue weighted by Crippen LogP contribution is -2.16. The highest BCUT2D eigenvalue weighted by Crippen LogP contribution is 2.46. The second-order valence-electron chi connectivity index (χ2n) is 3.81. The van der Waals surface area contributed by atoms with Crippen molar-refractivity contribution in [3.8, 4) is 0 Å². The molecule has 12 heavy (non-hydrogen) atoms. The van der Waals surface area contributed by atoms with Gasteiger partial charge in [0.1, 0.15) is 6.29 Å². The maximum absolute atomic E-state index is 10.4. The van der Waals surface area contributed by atoms with Crippen molar-refractivity contribution in [2.24, 2.45) is 0 Å². The van der Waals surface area contributed by atoms with Crippen LogP contribution in [0.3, 0.4) is 0 Å². The van der Waals surface area contributed by atoms with E-state index in [2.05, 4.69) is 20.4 Å². The van der Waals surface area contributed by atoms with E-state index in [0.29, 0.717) is 11.7 Å². The van der Waals surface area contributed by atoms with Gasteiger partial charge < -0.3 is 4.79 Å². The minimum Gasteiger partial charge on any atom is -0.303 e. The van der Waals surface area contributed by atoms with Gasteiger partial charge in [-0.3, -0.25) is 0 Å². The molecular weight excluding hydrogens is 168 g/mol. The molecule has 1 nitrogen and oxygen atoms in total. The van der Waals surface area contributed by atoms with Gasteiger partial charge in [0.05, 0.1) is 0 Å². The lowest BCUT2D eigenvalue weighted by molar-refractivity contribution is -0.108. The summed E-state index contributed by atoms with van der Waals surface area (Å²) >= 11 is 1.91. The highest BCUT2D eigenvalue weighted by Gasteiger charge is 2.35. The molecule has 1 saturated heterocycles. The smallest absolute Gasteiger partial charge is 0.121 e. The SMILES string of the molecule is C=C(C)C1CCC(C)(CC=O)S1. The quantitative estimate of drug-likeness (QED) is 0.495. The van der Waals surface area contributed by atoms with Crippen LogP contribution in [-0.2, 0) is 4.79 Å². The molecule has 0 saturated carbocycles.